The quantitative estimate of drug-likeness (QED) is 0.222. The standard InChI is InChI=1S/C20H27N7O7S2.2ClH/c1-10-20(17(30)31,34-19(32)26-6-4-25(2)5-7-26)9-27-15(29)13(16(27)36-10)23-14(28)12(24-33-3)11-8-35-18(21)22-11;;/h8,10,13,16H,4-7,9H2,1-3H3,(H2,21,22)(H,23,28)(H,30,31);2*1H/t10?,13?,16-,20?;;/m1../s1. The van der Waals surface area contributed by atoms with Gasteiger partial charge in [-0.2, -0.15) is 0 Å². The first-order valence-corrected chi connectivity index (χ1v) is 12.9. The van der Waals surface area contributed by atoms with Gasteiger partial charge in [-0.15, -0.1) is 47.9 Å². The summed E-state index contributed by atoms with van der Waals surface area (Å²) in [6, 6.07) is -0.928. The van der Waals surface area contributed by atoms with E-state index < -0.39 is 46.1 Å². The number of nitrogens with zero attached hydrogens (tertiary/aromatic N) is 5. The van der Waals surface area contributed by atoms with Gasteiger partial charge in [-0.05, 0) is 14.0 Å². The second kappa shape index (κ2) is 12.5. The van der Waals surface area contributed by atoms with E-state index in [9.17, 15) is 24.3 Å². The summed E-state index contributed by atoms with van der Waals surface area (Å²) in [6.45, 7) is 3.44. The molecule has 212 valence electrons. The van der Waals surface area contributed by atoms with Crippen LogP contribution in [0.1, 0.15) is 12.6 Å². The molecule has 3 amide bonds. The number of hydrogen-bond donors (Lipinski definition) is 3. The minimum atomic E-state index is -1.92. The molecule has 3 unspecified atom stereocenters. The number of likely N-dealkylation sites (N-methyl/N-ethyl adjacent to an activating group) is 1. The van der Waals surface area contributed by atoms with Gasteiger partial charge in [-0.25, -0.2) is 14.6 Å². The molecule has 3 fully saturated rings. The molecule has 4 heterocycles. The zero-order valence-electron chi connectivity index (χ0n) is 20.7. The van der Waals surface area contributed by atoms with Crippen LogP contribution in [0, 0.1) is 0 Å². The van der Waals surface area contributed by atoms with Crippen molar-refractivity contribution in [2.75, 3.05) is 52.6 Å². The third-order valence-electron chi connectivity index (χ3n) is 6.39. The van der Waals surface area contributed by atoms with Crippen molar-refractivity contribution >= 4 is 82.6 Å². The maximum atomic E-state index is 12.9. The molecule has 3 aliphatic rings. The molecule has 0 aromatic carbocycles. The highest BCUT2D eigenvalue weighted by atomic mass is 35.5. The molecule has 0 spiro atoms. The molecule has 3 saturated heterocycles. The number of halogens is 2. The van der Waals surface area contributed by atoms with E-state index in [2.05, 4.69) is 20.4 Å². The Labute approximate surface area is 239 Å². The number of nitrogens with one attached hydrogen (secondary N) is 1. The van der Waals surface area contributed by atoms with E-state index in [1.165, 1.54) is 22.3 Å². The molecule has 38 heavy (non-hydrogen) atoms. The smallest absolute Gasteiger partial charge is 0.411 e. The third-order valence-corrected chi connectivity index (χ3v) is 8.66. The van der Waals surface area contributed by atoms with E-state index in [1.807, 2.05) is 7.05 Å². The van der Waals surface area contributed by atoms with Crippen molar-refractivity contribution in [2.45, 2.75) is 29.2 Å². The second-order valence-electron chi connectivity index (χ2n) is 8.63. The highest BCUT2D eigenvalue weighted by molar-refractivity contribution is 8.00. The number of anilines is 1. The fraction of sp³-hybridized carbons (Fsp3) is 0.600. The van der Waals surface area contributed by atoms with E-state index in [0.29, 0.717) is 26.2 Å². The van der Waals surface area contributed by atoms with Gasteiger partial charge < -0.3 is 40.4 Å². The van der Waals surface area contributed by atoms with Crippen LogP contribution in [-0.4, -0.2) is 124 Å². The molecule has 0 saturated carbocycles. The number of rotatable bonds is 6. The van der Waals surface area contributed by atoms with Crippen LogP contribution in [-0.2, 0) is 24.0 Å². The van der Waals surface area contributed by atoms with Gasteiger partial charge in [0.25, 0.3) is 5.91 Å². The number of piperazine rings is 1. The third kappa shape index (κ3) is 5.88. The van der Waals surface area contributed by atoms with E-state index in [4.69, 9.17) is 15.3 Å². The normalized spacial score (nSPS) is 27.2. The van der Waals surface area contributed by atoms with Crippen molar-refractivity contribution in [1.82, 2.24) is 25.0 Å². The molecule has 18 heteroatoms. The average molecular weight is 615 g/mol. The lowest BCUT2D eigenvalue weighted by molar-refractivity contribution is -0.171. The topological polar surface area (TPSA) is 180 Å². The first-order chi connectivity index (χ1) is 17.1. The van der Waals surface area contributed by atoms with Crippen molar-refractivity contribution in [3.63, 3.8) is 0 Å². The molecule has 0 radical (unpaired) electrons. The summed E-state index contributed by atoms with van der Waals surface area (Å²) in [6.07, 6.45) is -0.725. The maximum Gasteiger partial charge on any atom is 0.411 e. The Kier molecular flexibility index (Phi) is 10.5. The maximum absolute atomic E-state index is 12.9. The van der Waals surface area contributed by atoms with Crippen LogP contribution in [0.4, 0.5) is 9.93 Å². The zero-order valence-corrected chi connectivity index (χ0v) is 24.0. The number of nitrogen functional groups attached to an aromatic ring is 1. The average Bonchev–Trinajstić information content (AvgIpc) is 3.27. The van der Waals surface area contributed by atoms with Crippen LogP contribution in [0.15, 0.2) is 10.5 Å². The van der Waals surface area contributed by atoms with Crippen LogP contribution in [0.2, 0.25) is 0 Å². The number of thioether (sulfide) groups is 1. The minimum Gasteiger partial charge on any atom is -0.478 e. The monoisotopic (exact) mass is 613 g/mol. The van der Waals surface area contributed by atoms with Gasteiger partial charge in [0, 0.05) is 31.6 Å². The van der Waals surface area contributed by atoms with E-state index >= 15 is 0 Å². The summed E-state index contributed by atoms with van der Waals surface area (Å²) in [5, 5.41) is 16.9. The number of hydrogen-bond acceptors (Lipinski definition) is 12. The fourth-order valence-corrected chi connectivity index (χ4v) is 6.27. The van der Waals surface area contributed by atoms with Crippen molar-refractivity contribution < 1.29 is 33.9 Å². The van der Waals surface area contributed by atoms with Gasteiger partial charge in [0.2, 0.25) is 11.5 Å². The summed E-state index contributed by atoms with van der Waals surface area (Å²) in [5.74, 6) is -2.52. The number of β-lactam (4-membered cyclic amide) rings is 1. The molecule has 4 N–H and O–H groups in total. The van der Waals surface area contributed by atoms with E-state index in [0.717, 1.165) is 23.1 Å². The van der Waals surface area contributed by atoms with E-state index in [1.54, 1.807) is 6.92 Å². The Morgan fingerprint density at radius 2 is 1.92 bits per heavy atom. The highest BCUT2D eigenvalue weighted by Crippen LogP contribution is 2.44. The Balaban J connectivity index is 0.00000253. The summed E-state index contributed by atoms with van der Waals surface area (Å²) in [4.78, 5) is 64.6. The lowest BCUT2D eigenvalue weighted by Gasteiger charge is -2.55. The number of carboxylic acid groups (broad SMARTS) is 1. The number of amides is 3. The number of oxime groups is 1. The predicted molar refractivity (Wildman–Crippen MR) is 145 cm³/mol. The van der Waals surface area contributed by atoms with Gasteiger partial charge in [-0.3, -0.25) is 9.59 Å². The Morgan fingerprint density at radius 1 is 1.26 bits per heavy atom. The Bertz CT molecular complexity index is 1100. The van der Waals surface area contributed by atoms with Crippen molar-refractivity contribution in [3.8, 4) is 0 Å². The Morgan fingerprint density at radius 3 is 2.47 bits per heavy atom. The van der Waals surface area contributed by atoms with Crippen LogP contribution >= 0.6 is 47.9 Å². The van der Waals surface area contributed by atoms with Crippen molar-refractivity contribution in [1.29, 1.82) is 0 Å². The molecule has 4 rings (SSSR count). The lowest BCUT2D eigenvalue weighted by Crippen LogP contribution is -2.77. The number of carbonyl (C=O) groups excluding carboxylic acids is 3. The van der Waals surface area contributed by atoms with Gasteiger partial charge in [0.05, 0.1) is 11.8 Å². The number of fused-ring (bicyclic) bond motifs is 1. The molecular formula is C20H29Cl2N7O7S2. The number of thiazole rings is 1. The minimum absolute atomic E-state index is 0. The van der Waals surface area contributed by atoms with Gasteiger partial charge in [-0.1, -0.05) is 5.16 Å². The summed E-state index contributed by atoms with van der Waals surface area (Å²) in [7, 11) is 3.20. The van der Waals surface area contributed by atoms with E-state index in [-0.39, 0.29) is 47.9 Å². The zero-order chi connectivity index (χ0) is 26.2. The summed E-state index contributed by atoms with van der Waals surface area (Å²) in [5.41, 5.74) is 3.77. The molecule has 1 aromatic heterocycles. The predicted octanol–water partition coefficient (Wildman–Crippen LogP) is -0.0848. The van der Waals surface area contributed by atoms with Crippen LogP contribution in [0.25, 0.3) is 0 Å². The van der Waals surface area contributed by atoms with Crippen LogP contribution < -0.4 is 11.1 Å². The van der Waals surface area contributed by atoms with Gasteiger partial charge >= 0.3 is 12.1 Å². The largest absolute Gasteiger partial charge is 0.478 e. The highest BCUT2D eigenvalue weighted by Gasteiger charge is 2.63. The summed E-state index contributed by atoms with van der Waals surface area (Å²) >= 11 is 2.26. The number of ether oxygens (including phenoxy) is 1. The molecule has 14 nitrogen and oxygen atoms in total. The van der Waals surface area contributed by atoms with Crippen molar-refractivity contribution in [2.24, 2.45) is 5.16 Å². The second-order valence-corrected chi connectivity index (χ2v) is 11.0. The Hall–Kier alpha value is -2.53. The SMILES string of the molecule is CON=C(C(=O)NC1C(=O)N2CC(OC(=O)N3CCN(C)CC3)(C(=O)O)C(C)S[C@H]12)c1csc(N)n1.Cl.Cl. The number of carbonyl (C=O) groups is 4. The number of aromatic nitrogens is 1. The molecule has 3 aliphatic heterocycles. The lowest BCUT2D eigenvalue weighted by atomic mass is 9.94. The summed E-state index contributed by atoms with van der Waals surface area (Å²) < 4.78 is 5.59. The van der Waals surface area contributed by atoms with Crippen LogP contribution in [0.5, 0.6) is 0 Å². The molecule has 0 aliphatic carbocycles. The molecule has 4 atom stereocenters. The number of carboxylic acids is 1. The fourth-order valence-electron chi connectivity index (χ4n) is 4.19. The first-order valence-electron chi connectivity index (χ1n) is 11.1. The first kappa shape index (κ1) is 31.7. The number of nitrogens with two attached hydrogens (primary N) is 1. The molecular weight excluding hydrogens is 585 g/mol. The van der Waals surface area contributed by atoms with Gasteiger partial charge in [0.15, 0.2) is 10.8 Å². The van der Waals surface area contributed by atoms with Crippen molar-refractivity contribution in [3.05, 3.63) is 11.1 Å². The molecule has 0 bridgehead atoms. The van der Waals surface area contributed by atoms with Crippen LogP contribution in [0.3, 0.4) is 0 Å². The van der Waals surface area contributed by atoms with Gasteiger partial charge in [0.1, 0.15) is 24.2 Å². The molecule has 1 aromatic rings. The number of aliphatic carboxylic acids is 1.